The van der Waals surface area contributed by atoms with Gasteiger partial charge in [-0.25, -0.2) is 0 Å². The van der Waals surface area contributed by atoms with Gasteiger partial charge in [-0.15, -0.1) is 6.58 Å². The third-order valence-corrected chi connectivity index (χ3v) is 3.53. The Morgan fingerprint density at radius 2 is 1.91 bits per heavy atom. The molecule has 2 N–H and O–H groups in total. The lowest BCUT2D eigenvalue weighted by Crippen LogP contribution is -2.10. The molecule has 2 aromatic rings. The van der Waals surface area contributed by atoms with E-state index < -0.39 is 0 Å². The summed E-state index contributed by atoms with van der Waals surface area (Å²) in [6.07, 6.45) is 3.65. The van der Waals surface area contributed by atoms with Crippen LogP contribution in [0.3, 0.4) is 0 Å². The van der Waals surface area contributed by atoms with Crippen LogP contribution in [0.25, 0.3) is 0 Å². The van der Waals surface area contributed by atoms with Gasteiger partial charge in [-0.1, -0.05) is 42.5 Å². The zero-order valence-corrected chi connectivity index (χ0v) is 13.0. The molecule has 3 heteroatoms. The van der Waals surface area contributed by atoms with Crippen LogP contribution in [0.2, 0.25) is 0 Å². The zero-order chi connectivity index (χ0) is 15.8. The molecule has 2 rings (SSSR count). The molecule has 0 bridgehead atoms. The van der Waals surface area contributed by atoms with Crippen molar-refractivity contribution in [3.63, 3.8) is 0 Å². The van der Waals surface area contributed by atoms with Crippen LogP contribution in [0, 0.1) is 0 Å². The second kappa shape index (κ2) is 8.25. The van der Waals surface area contributed by atoms with E-state index in [0.29, 0.717) is 6.61 Å². The van der Waals surface area contributed by atoms with E-state index in [4.69, 9.17) is 15.2 Å². The van der Waals surface area contributed by atoms with Gasteiger partial charge >= 0.3 is 0 Å². The second-order valence-corrected chi connectivity index (χ2v) is 5.16. The Balaban J connectivity index is 2.12. The maximum absolute atomic E-state index is 6.20. The van der Waals surface area contributed by atoms with Crippen molar-refractivity contribution in [3.05, 3.63) is 72.3 Å². The number of rotatable bonds is 8. The predicted octanol–water partition coefficient (Wildman–Crippen LogP) is 4.24. The monoisotopic (exact) mass is 297 g/mol. The maximum Gasteiger partial charge on any atom is 0.161 e. The predicted molar refractivity (Wildman–Crippen MR) is 90.1 cm³/mol. The first-order valence-corrected chi connectivity index (χ1v) is 7.45. The molecule has 3 nitrogen and oxygen atoms in total. The summed E-state index contributed by atoms with van der Waals surface area (Å²) in [5, 5.41) is 0. The van der Waals surface area contributed by atoms with E-state index in [1.54, 1.807) is 7.11 Å². The fourth-order valence-electron chi connectivity index (χ4n) is 2.24. The Bertz CT molecular complexity index is 596. The fraction of sp³-hybridized carbons (Fsp3) is 0.263. The molecule has 0 unspecified atom stereocenters. The van der Waals surface area contributed by atoms with Crippen molar-refractivity contribution in [1.29, 1.82) is 0 Å². The molecule has 0 aliphatic heterocycles. The van der Waals surface area contributed by atoms with Crippen LogP contribution >= 0.6 is 0 Å². The van der Waals surface area contributed by atoms with E-state index in [1.807, 2.05) is 54.6 Å². The largest absolute Gasteiger partial charge is 0.493 e. The SMILES string of the molecule is C=CCC[C@@H](N)c1ccc(OC)c(OCc2ccccc2)c1. The first-order valence-electron chi connectivity index (χ1n) is 7.45. The Morgan fingerprint density at radius 3 is 2.59 bits per heavy atom. The van der Waals surface area contributed by atoms with Crippen LogP contribution in [-0.4, -0.2) is 7.11 Å². The van der Waals surface area contributed by atoms with Crippen molar-refractivity contribution in [2.45, 2.75) is 25.5 Å². The third kappa shape index (κ3) is 4.37. The van der Waals surface area contributed by atoms with Crippen LogP contribution in [0.15, 0.2) is 61.2 Å². The summed E-state index contributed by atoms with van der Waals surface area (Å²) in [6, 6.07) is 15.9. The molecule has 0 aliphatic carbocycles. The minimum absolute atomic E-state index is 0.0250. The average molecular weight is 297 g/mol. The van der Waals surface area contributed by atoms with Gasteiger partial charge in [0.1, 0.15) is 6.61 Å². The minimum atomic E-state index is -0.0250. The van der Waals surface area contributed by atoms with Gasteiger partial charge in [0.15, 0.2) is 11.5 Å². The Kier molecular flexibility index (Phi) is 6.04. The molecule has 0 heterocycles. The van der Waals surface area contributed by atoms with Gasteiger partial charge in [-0.2, -0.15) is 0 Å². The molecule has 116 valence electrons. The maximum atomic E-state index is 6.20. The normalized spacial score (nSPS) is 11.7. The zero-order valence-electron chi connectivity index (χ0n) is 13.0. The molecule has 0 amide bonds. The van der Waals surface area contributed by atoms with Gasteiger partial charge in [0, 0.05) is 6.04 Å². The summed E-state index contributed by atoms with van der Waals surface area (Å²) >= 11 is 0. The number of ether oxygens (including phenoxy) is 2. The molecule has 1 atom stereocenters. The van der Waals surface area contributed by atoms with Crippen LogP contribution < -0.4 is 15.2 Å². The van der Waals surface area contributed by atoms with Gasteiger partial charge in [0.25, 0.3) is 0 Å². The van der Waals surface area contributed by atoms with Crippen LogP contribution in [0.4, 0.5) is 0 Å². The first-order chi connectivity index (χ1) is 10.7. The number of benzene rings is 2. The summed E-state index contributed by atoms with van der Waals surface area (Å²) in [7, 11) is 1.64. The van der Waals surface area contributed by atoms with Gasteiger partial charge in [-0.3, -0.25) is 0 Å². The van der Waals surface area contributed by atoms with E-state index in [0.717, 1.165) is 35.5 Å². The van der Waals surface area contributed by atoms with E-state index in [9.17, 15) is 0 Å². The highest BCUT2D eigenvalue weighted by Gasteiger charge is 2.11. The number of methoxy groups -OCH3 is 1. The molecule has 0 aliphatic rings. The summed E-state index contributed by atoms with van der Waals surface area (Å²) < 4.78 is 11.3. The molecule has 0 aromatic heterocycles. The molecular weight excluding hydrogens is 274 g/mol. The van der Waals surface area contributed by atoms with Crippen molar-refractivity contribution < 1.29 is 9.47 Å². The second-order valence-electron chi connectivity index (χ2n) is 5.16. The Hall–Kier alpha value is -2.26. The molecule has 0 saturated heterocycles. The molecule has 0 saturated carbocycles. The topological polar surface area (TPSA) is 44.5 Å². The quantitative estimate of drug-likeness (QED) is 0.741. The van der Waals surface area contributed by atoms with Gasteiger partial charge < -0.3 is 15.2 Å². The Morgan fingerprint density at radius 1 is 1.14 bits per heavy atom. The highest BCUT2D eigenvalue weighted by molar-refractivity contribution is 5.44. The number of hydrogen-bond donors (Lipinski definition) is 1. The van der Waals surface area contributed by atoms with Crippen molar-refractivity contribution in [1.82, 2.24) is 0 Å². The van der Waals surface area contributed by atoms with Gasteiger partial charge in [-0.05, 0) is 36.1 Å². The third-order valence-electron chi connectivity index (χ3n) is 3.53. The van der Waals surface area contributed by atoms with Crippen LogP contribution in [0.5, 0.6) is 11.5 Å². The summed E-state index contributed by atoms with van der Waals surface area (Å²) in [5.41, 5.74) is 8.37. The van der Waals surface area contributed by atoms with Crippen molar-refractivity contribution in [2.24, 2.45) is 5.73 Å². The van der Waals surface area contributed by atoms with Crippen LogP contribution in [0.1, 0.15) is 30.0 Å². The molecule has 0 radical (unpaired) electrons. The summed E-state index contributed by atoms with van der Waals surface area (Å²) in [6.45, 7) is 4.24. The molecular formula is C19H23NO2. The van der Waals surface area contributed by atoms with Gasteiger partial charge in [0.2, 0.25) is 0 Å². The van der Waals surface area contributed by atoms with Crippen molar-refractivity contribution in [3.8, 4) is 11.5 Å². The Labute approximate surface area is 132 Å². The number of nitrogens with two attached hydrogens (primary N) is 1. The molecule has 2 aromatic carbocycles. The average Bonchev–Trinajstić information content (AvgIpc) is 2.58. The first kappa shape index (κ1) is 16.1. The highest BCUT2D eigenvalue weighted by atomic mass is 16.5. The molecule has 0 fully saturated rings. The van der Waals surface area contributed by atoms with Gasteiger partial charge in [0.05, 0.1) is 7.11 Å². The summed E-state index contributed by atoms with van der Waals surface area (Å²) in [4.78, 5) is 0. The lowest BCUT2D eigenvalue weighted by Gasteiger charge is -2.16. The number of hydrogen-bond acceptors (Lipinski definition) is 3. The van der Waals surface area contributed by atoms with Crippen molar-refractivity contribution in [2.75, 3.05) is 7.11 Å². The molecule has 0 spiro atoms. The minimum Gasteiger partial charge on any atom is -0.493 e. The fourth-order valence-corrected chi connectivity index (χ4v) is 2.24. The van der Waals surface area contributed by atoms with E-state index >= 15 is 0 Å². The van der Waals surface area contributed by atoms with E-state index in [2.05, 4.69) is 6.58 Å². The highest BCUT2D eigenvalue weighted by Crippen LogP contribution is 2.31. The smallest absolute Gasteiger partial charge is 0.161 e. The molecule has 22 heavy (non-hydrogen) atoms. The van der Waals surface area contributed by atoms with Crippen molar-refractivity contribution >= 4 is 0 Å². The van der Waals surface area contributed by atoms with E-state index in [-0.39, 0.29) is 6.04 Å². The van der Waals surface area contributed by atoms with Crippen LogP contribution in [-0.2, 0) is 6.61 Å². The number of allylic oxidation sites excluding steroid dienone is 1. The summed E-state index contributed by atoms with van der Waals surface area (Å²) in [5.74, 6) is 1.44. The lowest BCUT2D eigenvalue weighted by molar-refractivity contribution is 0.284. The standard InChI is InChI=1S/C19H23NO2/c1-3-4-10-17(20)16-11-12-18(21-2)19(13-16)22-14-15-8-6-5-7-9-15/h3,5-9,11-13,17H,1,4,10,14,20H2,2H3/t17-/m1/s1. The van der Waals surface area contributed by atoms with E-state index in [1.165, 1.54) is 0 Å². The lowest BCUT2D eigenvalue weighted by atomic mass is 10.0.